The maximum absolute atomic E-state index is 13.7. The predicted molar refractivity (Wildman–Crippen MR) is 136 cm³/mol. The first-order valence-electron chi connectivity index (χ1n) is 12.4. The molecule has 0 amide bonds. The van der Waals surface area contributed by atoms with Crippen LogP contribution in [0.1, 0.15) is 48.3 Å². The molecule has 2 aromatic rings. The maximum atomic E-state index is 13.7. The van der Waals surface area contributed by atoms with Crippen molar-refractivity contribution in [3.63, 3.8) is 0 Å². The number of hydrogen-bond donors (Lipinski definition) is 1. The molecule has 0 saturated carbocycles. The van der Waals surface area contributed by atoms with E-state index in [-0.39, 0.29) is 36.9 Å². The van der Waals surface area contributed by atoms with Crippen molar-refractivity contribution in [3.8, 4) is 11.5 Å². The lowest BCUT2D eigenvalue weighted by Gasteiger charge is -2.37. The largest absolute Gasteiger partial charge is 0.493 e. The number of alkyl halides is 3. The molecule has 39 heavy (non-hydrogen) atoms. The molecular formula is C29H30F3NO6. The molecule has 7 nitrogen and oxygen atoms in total. The number of dihydropyridines is 1. The zero-order valence-electron chi connectivity index (χ0n) is 22.1. The van der Waals surface area contributed by atoms with Crippen LogP contribution in [0.3, 0.4) is 0 Å². The normalized spacial score (nSPS) is 19.4. The number of rotatable bonds is 8. The molecule has 0 radical (unpaired) electrons. The van der Waals surface area contributed by atoms with Crippen molar-refractivity contribution in [2.24, 2.45) is 0 Å². The number of halogens is 3. The first kappa shape index (κ1) is 28.2. The smallest absolute Gasteiger partial charge is 0.416 e. The number of Topliss-reactive ketones (excluding diaryl/α,β-unsaturated/α-hetero) is 1. The summed E-state index contributed by atoms with van der Waals surface area (Å²) in [6, 6.07) is 10.0. The van der Waals surface area contributed by atoms with Crippen LogP contribution in [-0.4, -0.2) is 46.3 Å². The summed E-state index contributed by atoms with van der Waals surface area (Å²) >= 11 is 0. The molecule has 0 fully saturated rings. The summed E-state index contributed by atoms with van der Waals surface area (Å²) in [4.78, 5) is 26.9. The van der Waals surface area contributed by atoms with E-state index in [0.717, 1.165) is 17.7 Å². The highest BCUT2D eigenvalue weighted by atomic mass is 19.4. The van der Waals surface area contributed by atoms with Crippen LogP contribution in [0.4, 0.5) is 13.2 Å². The number of esters is 1. The number of nitrogens with one attached hydrogen (secondary N) is 1. The van der Waals surface area contributed by atoms with E-state index < -0.39 is 23.6 Å². The van der Waals surface area contributed by atoms with Crippen LogP contribution in [0.15, 0.2) is 65.0 Å². The van der Waals surface area contributed by atoms with Crippen molar-refractivity contribution in [1.82, 2.24) is 5.32 Å². The fourth-order valence-corrected chi connectivity index (χ4v) is 5.15. The fraction of sp³-hybridized carbons (Fsp3) is 0.379. The number of ketones is 1. The van der Waals surface area contributed by atoms with E-state index in [4.69, 9.17) is 18.9 Å². The number of methoxy groups -OCH3 is 3. The first-order valence-corrected chi connectivity index (χ1v) is 12.4. The van der Waals surface area contributed by atoms with Gasteiger partial charge in [-0.15, -0.1) is 0 Å². The first-order chi connectivity index (χ1) is 18.6. The fourth-order valence-electron chi connectivity index (χ4n) is 5.15. The van der Waals surface area contributed by atoms with Crippen LogP contribution < -0.4 is 14.8 Å². The molecule has 0 saturated heterocycles. The molecule has 1 aliphatic carbocycles. The second-order valence-electron chi connectivity index (χ2n) is 9.38. The third-order valence-electron chi connectivity index (χ3n) is 7.02. The molecule has 2 aliphatic rings. The van der Waals surface area contributed by atoms with Crippen molar-refractivity contribution in [3.05, 3.63) is 81.7 Å². The molecule has 0 bridgehead atoms. The van der Waals surface area contributed by atoms with E-state index in [1.165, 1.54) is 26.4 Å². The van der Waals surface area contributed by atoms with E-state index in [1.807, 2.05) is 12.1 Å². The molecule has 0 spiro atoms. The Morgan fingerprint density at radius 1 is 0.949 bits per heavy atom. The van der Waals surface area contributed by atoms with Crippen LogP contribution in [0.2, 0.25) is 0 Å². The Morgan fingerprint density at radius 3 is 2.23 bits per heavy atom. The molecule has 2 aromatic carbocycles. The van der Waals surface area contributed by atoms with Crippen molar-refractivity contribution in [2.75, 3.05) is 34.5 Å². The molecule has 0 unspecified atom stereocenters. The van der Waals surface area contributed by atoms with Gasteiger partial charge in [0, 0.05) is 36.4 Å². The van der Waals surface area contributed by atoms with Crippen LogP contribution in [0, 0.1) is 0 Å². The average molecular weight is 546 g/mol. The number of carbonyl (C=O) groups excluding carboxylic acids is 2. The van der Waals surface area contributed by atoms with Gasteiger partial charge in [0.05, 0.1) is 32.0 Å². The van der Waals surface area contributed by atoms with Crippen molar-refractivity contribution >= 4 is 11.8 Å². The van der Waals surface area contributed by atoms with Crippen LogP contribution in [0.5, 0.6) is 11.5 Å². The van der Waals surface area contributed by atoms with Crippen molar-refractivity contribution in [1.29, 1.82) is 0 Å². The van der Waals surface area contributed by atoms with E-state index in [9.17, 15) is 22.8 Å². The molecule has 1 heterocycles. The van der Waals surface area contributed by atoms with Gasteiger partial charge in [-0.05, 0) is 54.7 Å². The lowest BCUT2D eigenvalue weighted by Crippen LogP contribution is -2.36. The Labute approximate surface area is 224 Å². The van der Waals surface area contributed by atoms with Gasteiger partial charge in [-0.1, -0.05) is 18.2 Å². The molecule has 208 valence electrons. The molecule has 1 aliphatic heterocycles. The standard InChI is InChI=1S/C29H30F3NO6/c1-16-25(28(35)39-12-11-36-2)26(17-5-8-20(9-6-17)29(30,31)32)27-21(33-16)13-19(14-22(27)34)18-7-10-23(37-3)24(15-18)38-4/h5-10,15,19,26,33H,11-14H2,1-4H3/t19-,26-/m0/s1. The van der Waals surface area contributed by atoms with Crippen LogP contribution in [-0.2, 0) is 25.2 Å². The third-order valence-corrected chi connectivity index (χ3v) is 7.02. The second-order valence-corrected chi connectivity index (χ2v) is 9.38. The molecule has 2 atom stereocenters. The lowest BCUT2D eigenvalue weighted by atomic mass is 9.71. The van der Waals surface area contributed by atoms with Gasteiger partial charge in [-0.2, -0.15) is 13.2 Å². The topological polar surface area (TPSA) is 83.1 Å². The Hall–Kier alpha value is -3.79. The number of ether oxygens (including phenoxy) is 4. The van der Waals surface area contributed by atoms with Gasteiger partial charge in [0.15, 0.2) is 17.3 Å². The van der Waals surface area contributed by atoms with Crippen LogP contribution in [0.25, 0.3) is 0 Å². The summed E-state index contributed by atoms with van der Waals surface area (Å²) in [6.07, 6.45) is -3.91. The number of carbonyl (C=O) groups is 2. The zero-order chi connectivity index (χ0) is 28.3. The third kappa shape index (κ3) is 5.80. The number of hydrogen-bond acceptors (Lipinski definition) is 7. The van der Waals surface area contributed by atoms with Crippen LogP contribution >= 0.6 is 0 Å². The van der Waals surface area contributed by atoms with Gasteiger partial charge in [-0.25, -0.2) is 4.79 Å². The Kier molecular flexibility index (Phi) is 8.34. The summed E-state index contributed by atoms with van der Waals surface area (Å²) in [7, 11) is 4.55. The highest BCUT2D eigenvalue weighted by Gasteiger charge is 2.42. The van der Waals surface area contributed by atoms with Gasteiger partial charge in [0.2, 0.25) is 0 Å². The lowest BCUT2D eigenvalue weighted by molar-refractivity contribution is -0.141. The van der Waals surface area contributed by atoms with Gasteiger partial charge in [0.1, 0.15) is 6.61 Å². The van der Waals surface area contributed by atoms with Crippen molar-refractivity contribution < 1.29 is 41.7 Å². The summed E-state index contributed by atoms with van der Waals surface area (Å²) < 4.78 is 60.8. The highest BCUT2D eigenvalue weighted by molar-refractivity contribution is 6.04. The van der Waals surface area contributed by atoms with Gasteiger partial charge in [0.25, 0.3) is 0 Å². The second kappa shape index (κ2) is 11.5. The maximum Gasteiger partial charge on any atom is 0.416 e. The van der Waals surface area contributed by atoms with Gasteiger partial charge in [-0.3, -0.25) is 4.79 Å². The summed E-state index contributed by atoms with van der Waals surface area (Å²) in [5, 5.41) is 3.23. The summed E-state index contributed by atoms with van der Waals surface area (Å²) in [6.45, 7) is 1.86. The number of allylic oxidation sites excluding steroid dienone is 3. The van der Waals surface area contributed by atoms with Gasteiger partial charge >= 0.3 is 12.1 Å². The monoisotopic (exact) mass is 545 g/mol. The van der Waals surface area contributed by atoms with E-state index in [1.54, 1.807) is 20.1 Å². The van der Waals surface area contributed by atoms with E-state index >= 15 is 0 Å². The van der Waals surface area contributed by atoms with E-state index in [0.29, 0.717) is 40.5 Å². The van der Waals surface area contributed by atoms with E-state index in [2.05, 4.69) is 5.32 Å². The Morgan fingerprint density at radius 2 is 1.62 bits per heavy atom. The minimum atomic E-state index is -4.52. The average Bonchev–Trinajstić information content (AvgIpc) is 2.91. The minimum Gasteiger partial charge on any atom is -0.493 e. The highest BCUT2D eigenvalue weighted by Crippen LogP contribution is 2.47. The quantitative estimate of drug-likeness (QED) is 0.357. The van der Waals surface area contributed by atoms with Crippen molar-refractivity contribution in [2.45, 2.75) is 37.8 Å². The number of benzene rings is 2. The molecule has 1 N–H and O–H groups in total. The predicted octanol–water partition coefficient (Wildman–Crippen LogP) is 5.27. The summed E-state index contributed by atoms with van der Waals surface area (Å²) in [5.74, 6) is -0.820. The SMILES string of the molecule is COCCOC(=O)C1=C(C)NC2=C(C(=O)C[C@@H](c3ccc(OC)c(OC)c3)C2)[C@H]1c1ccc(C(F)(F)F)cc1. The molecule has 0 aromatic heterocycles. The van der Waals surface area contributed by atoms with Gasteiger partial charge < -0.3 is 24.3 Å². The molecule has 10 heteroatoms. The Balaban J connectivity index is 1.75. The Bertz CT molecular complexity index is 1310. The molecular weight excluding hydrogens is 515 g/mol. The molecule has 4 rings (SSSR count). The summed E-state index contributed by atoms with van der Waals surface area (Å²) in [5.41, 5.74) is 2.10. The zero-order valence-corrected chi connectivity index (χ0v) is 22.1. The minimum absolute atomic E-state index is 0.00687.